The van der Waals surface area contributed by atoms with Crippen molar-refractivity contribution in [1.82, 2.24) is 47.2 Å². The Kier molecular flexibility index (Phi) is 51.9. The number of Topliss-reactive ketones (excluding diaryl/α,β-unsaturated/α-hetero) is 7. The Balaban J connectivity index is 1.32. The first kappa shape index (κ1) is 111. The quantitative estimate of drug-likeness (QED) is 0.0161. The van der Waals surface area contributed by atoms with Gasteiger partial charge in [0, 0.05) is 92.8 Å². The highest BCUT2D eigenvalue weighted by Gasteiger charge is 2.40. The fourth-order valence-electron chi connectivity index (χ4n) is 16.3. The molecule has 26 nitrogen and oxygen atoms in total. The van der Waals surface area contributed by atoms with E-state index in [1.807, 2.05) is 54.7 Å². The summed E-state index contributed by atoms with van der Waals surface area (Å²) in [5.74, 6) is -15.0. The van der Waals surface area contributed by atoms with Gasteiger partial charge in [0.1, 0.15) is 17.6 Å². The number of aromatic amines is 1. The number of aliphatic hydroxyl groups excluding tert-OH is 2. The molecule has 0 saturated carbocycles. The Morgan fingerprint density at radius 3 is 1.24 bits per heavy atom. The molecule has 27 heteroatoms. The van der Waals surface area contributed by atoms with Crippen LogP contribution in [-0.4, -0.2) is 175 Å². The van der Waals surface area contributed by atoms with Crippen LogP contribution < -0.4 is 37.2 Å². The van der Waals surface area contributed by atoms with Crippen LogP contribution in [0.25, 0.3) is 0 Å². The largest absolute Gasteiger partial charge is 0.508 e. The molecule has 0 spiro atoms. The van der Waals surface area contributed by atoms with Gasteiger partial charge in [-0.3, -0.25) is 67.1 Å². The van der Waals surface area contributed by atoms with Gasteiger partial charge >= 0.3 is 0 Å². The summed E-state index contributed by atoms with van der Waals surface area (Å²) in [7, 11) is 0. The second-order valence-electron chi connectivity index (χ2n) is 37.0. The molecule has 0 fully saturated rings. The van der Waals surface area contributed by atoms with E-state index in [-0.39, 0.29) is 125 Å². The van der Waals surface area contributed by atoms with Gasteiger partial charge in [0.15, 0.2) is 34.7 Å². The number of phenolic OH excluding ortho intramolecular Hbond substituents is 1. The number of thioether (sulfide) groups is 1. The summed E-state index contributed by atoms with van der Waals surface area (Å²) in [6.07, 6.45) is 18.5. The number of benzene rings is 4. The zero-order valence-corrected chi connectivity index (χ0v) is 80.0. The van der Waals surface area contributed by atoms with Crippen LogP contribution in [0.2, 0.25) is 0 Å². The zero-order chi connectivity index (χ0) is 95.6. The van der Waals surface area contributed by atoms with E-state index in [9.17, 15) is 68.1 Å². The first-order valence-corrected chi connectivity index (χ1v) is 48.9. The number of amides is 7. The number of phenols is 1. The van der Waals surface area contributed by atoms with Crippen molar-refractivity contribution in [2.24, 2.45) is 59.2 Å². The van der Waals surface area contributed by atoms with E-state index in [2.05, 4.69) is 54.1 Å². The Morgan fingerprint density at radius 1 is 0.385 bits per heavy atom. The molecule has 5 aromatic rings. The average molecular weight is 1820 g/mol. The second kappa shape index (κ2) is 61.0. The Labute approximate surface area is 775 Å². The van der Waals surface area contributed by atoms with Gasteiger partial charge in [-0.15, -0.1) is 0 Å². The number of aromatic nitrogens is 2. The number of hydrogen-bond acceptors (Lipinski definition) is 19. The van der Waals surface area contributed by atoms with E-state index in [1.54, 1.807) is 110 Å². The molecule has 11 N–H and O–H groups in total. The average Bonchev–Trinajstić information content (AvgIpc) is 1.26. The lowest BCUT2D eigenvalue weighted by molar-refractivity contribution is -0.137. The van der Waals surface area contributed by atoms with Crippen LogP contribution in [-0.2, 0) is 99.2 Å². The number of imidazole rings is 1. The van der Waals surface area contributed by atoms with Crippen molar-refractivity contribution in [2.75, 3.05) is 25.2 Å². The van der Waals surface area contributed by atoms with Crippen LogP contribution in [0, 0.1) is 59.2 Å². The predicted molar refractivity (Wildman–Crippen MR) is 508 cm³/mol. The Hall–Kier alpha value is -9.86. The topological polar surface area (TPSA) is 413 Å². The fraction of sp³-hybridized carbons (Fsp3) is 0.602. The maximum Gasteiger partial charge on any atom is 0.243 e. The molecule has 7 amide bonds. The highest BCUT2D eigenvalue weighted by atomic mass is 32.2. The van der Waals surface area contributed by atoms with Gasteiger partial charge in [-0.25, -0.2) is 4.98 Å². The summed E-state index contributed by atoms with van der Waals surface area (Å²) in [6, 6.07) is 24.7. The van der Waals surface area contributed by atoms with Crippen LogP contribution in [0.4, 0.5) is 0 Å². The molecule has 0 radical (unpaired) electrons. The highest BCUT2D eigenvalue weighted by Crippen LogP contribution is 2.28. The van der Waals surface area contributed by atoms with E-state index in [4.69, 9.17) is 0 Å². The second-order valence-corrected chi connectivity index (χ2v) is 38.0. The maximum absolute atomic E-state index is 15.1. The summed E-state index contributed by atoms with van der Waals surface area (Å²) < 4.78 is 0. The molecular formula is C103H151N9O17S. The summed E-state index contributed by atoms with van der Waals surface area (Å²) in [6.45, 7) is 18.5. The number of carbonyl (C=O) groups excluding carboxylic acids is 14. The third-order valence-corrected chi connectivity index (χ3v) is 25.1. The van der Waals surface area contributed by atoms with Gasteiger partial charge in [-0.05, 0) is 142 Å². The van der Waals surface area contributed by atoms with Crippen LogP contribution in [0.15, 0.2) is 128 Å². The molecule has 0 aliphatic rings. The first-order chi connectivity index (χ1) is 62.1. The number of nitrogens with one attached hydrogen (secondary N) is 8. The minimum atomic E-state index is -1.46. The van der Waals surface area contributed by atoms with Crippen molar-refractivity contribution in [3.05, 3.63) is 156 Å². The number of nitrogens with zero attached hydrogens (tertiary/aromatic N) is 1. The number of aromatic hydroxyl groups is 1. The lowest BCUT2D eigenvalue weighted by Gasteiger charge is -2.29. The standard InChI is InChI=1S/C103H151N9O17S/c1-13-15-16-17-18-19-20-21-22-23-24-25-35-42-97(123)107-90(51-69(7)8)103(129)112-88(55-76-43-45-83(116)46-44-76)93(119)58-78(49-67(3)4)99(125)110-89(61-82-63-104-66-105-82)95(121)60-81(65-114)101(127)108-85(50-68(5)6)96(122)62-84(70(9)14-2)102(128)111-87(54-75-40-33-28-34-41-75)92(118)56-77(47-48-130-12)98(124)106-71(10)91(117)57-79(52-73-36-29-26-30-37-73)100(126)109-86(53-74-38-31-27-32-39-74)94(120)59-80(64-113)72(11)115/h26-34,36-41,43-46,63,66-71,77-81,84-90,113-114,116H,13-25,35,42,47-62,64-65H2,1-12H3,(H,104,105)(H,106,124)(H,107,123)(H,108,127)(H,109,126)(H,110,125)(H,111,128)(H,112,129)/t70-,71-,77+,78+,79+,80-,81-,84-,85-,86-,87-,88-,89-,90+/m0/s1. The van der Waals surface area contributed by atoms with Crippen LogP contribution in [0.5, 0.6) is 5.75 Å². The predicted octanol–water partition coefficient (Wildman–Crippen LogP) is 13.5. The normalized spacial score (nSPS) is 14.7. The first-order valence-electron chi connectivity index (χ1n) is 47.5. The number of rotatable bonds is 69. The zero-order valence-electron chi connectivity index (χ0n) is 79.2. The van der Waals surface area contributed by atoms with Crippen LogP contribution >= 0.6 is 11.8 Å². The van der Waals surface area contributed by atoms with Gasteiger partial charge < -0.3 is 57.5 Å². The van der Waals surface area contributed by atoms with Gasteiger partial charge in [0.25, 0.3) is 0 Å². The molecule has 0 aliphatic heterocycles. The van der Waals surface area contributed by atoms with Gasteiger partial charge in [-0.1, -0.05) is 249 Å². The minimum Gasteiger partial charge on any atom is -0.508 e. The van der Waals surface area contributed by atoms with Gasteiger partial charge in [0.2, 0.25) is 41.4 Å². The molecule has 5 rings (SSSR count). The number of ketones is 7. The van der Waals surface area contributed by atoms with Crippen molar-refractivity contribution in [1.29, 1.82) is 0 Å². The Bertz CT molecular complexity index is 4280. The van der Waals surface area contributed by atoms with Gasteiger partial charge in [0.05, 0.1) is 61.7 Å². The van der Waals surface area contributed by atoms with Gasteiger partial charge in [-0.2, -0.15) is 11.8 Å². The maximum atomic E-state index is 15.1. The molecule has 130 heavy (non-hydrogen) atoms. The van der Waals surface area contributed by atoms with Crippen LogP contribution in [0.1, 0.15) is 265 Å². The number of H-pyrrole nitrogens is 1. The molecule has 1 aromatic heterocycles. The molecule has 716 valence electrons. The van der Waals surface area contributed by atoms with E-state index in [0.717, 1.165) is 36.8 Å². The number of hydrogen-bond donors (Lipinski definition) is 11. The Morgan fingerprint density at radius 2 is 0.777 bits per heavy atom. The van der Waals surface area contributed by atoms with Crippen molar-refractivity contribution >= 4 is 93.6 Å². The third kappa shape index (κ3) is 42.1. The van der Waals surface area contributed by atoms with Crippen LogP contribution in [0.3, 0.4) is 0 Å². The van der Waals surface area contributed by atoms with Crippen molar-refractivity contribution < 1.29 is 82.4 Å². The highest BCUT2D eigenvalue weighted by molar-refractivity contribution is 7.98. The summed E-state index contributed by atoms with van der Waals surface area (Å²) >= 11 is 1.43. The van der Waals surface area contributed by atoms with E-state index in [1.165, 1.54) is 102 Å². The summed E-state index contributed by atoms with van der Waals surface area (Å²) in [5, 5.41) is 51.4. The van der Waals surface area contributed by atoms with E-state index < -0.39 is 180 Å². The van der Waals surface area contributed by atoms with Crippen molar-refractivity contribution in [3.8, 4) is 5.75 Å². The summed E-state index contributed by atoms with van der Waals surface area (Å²) in [5.41, 5.74) is 3.13. The number of aliphatic hydroxyl groups is 2. The molecular weight excluding hydrogens is 1670 g/mol. The number of unbranched alkanes of at least 4 members (excludes halogenated alkanes) is 12. The molecule has 0 unspecified atom stereocenters. The SMILES string of the molecule is CCCCCCCCCCCCCCCC(=O)N[C@H](CC(C)C)C(=O)N[C@@H](Cc1ccc(O)cc1)C(=O)C[C@@H](CC(C)C)C(=O)N[C@@H](Cc1cnc[nH]1)C(=O)C[C@@H](CO)C(=O)N[C@@H](CC(C)C)C(=O)C[C@H](C(=O)N[C@@H](Cc1ccccc1)C(=O)C[C@@H](CCSC)C(=O)N[C@@H](C)C(=O)C[C@@H](Cc1ccccc1)C(=O)N[C@@H](Cc1ccccc1)C(=O)C[C@@H](CO)C(C)=O)[C@@H](C)CC. The lowest BCUT2D eigenvalue weighted by Crippen LogP contribution is -2.53. The molecule has 0 saturated heterocycles. The van der Waals surface area contributed by atoms with E-state index in [0.29, 0.717) is 35.4 Å². The smallest absolute Gasteiger partial charge is 0.243 e. The van der Waals surface area contributed by atoms with Crippen molar-refractivity contribution in [3.63, 3.8) is 0 Å². The molecule has 0 bridgehead atoms. The molecule has 4 aromatic carbocycles. The monoisotopic (exact) mass is 1820 g/mol. The van der Waals surface area contributed by atoms with Crippen molar-refractivity contribution in [2.45, 2.75) is 311 Å². The number of carbonyl (C=O) groups is 14. The minimum absolute atomic E-state index is 0.00936. The molecule has 14 atom stereocenters. The molecule has 1 heterocycles. The lowest BCUT2D eigenvalue weighted by atomic mass is 9.83. The third-order valence-electron chi connectivity index (χ3n) is 24.4. The molecule has 0 aliphatic carbocycles. The summed E-state index contributed by atoms with van der Waals surface area (Å²) in [4.78, 5) is 210. The fourth-order valence-corrected chi connectivity index (χ4v) is 16.9. The van der Waals surface area contributed by atoms with E-state index >= 15 is 14.4 Å².